The van der Waals surface area contributed by atoms with Crippen molar-refractivity contribution >= 4 is 31.0 Å². The molecular formula is C20H22NP. The number of nitrogen functional groups attached to an aromatic ring is 1. The Balaban J connectivity index is 2.24. The minimum Gasteiger partial charge on any atom is -0.398 e. The lowest BCUT2D eigenvalue weighted by molar-refractivity contribution is 1.37. The molecule has 0 aliphatic carbocycles. The van der Waals surface area contributed by atoms with Crippen molar-refractivity contribution in [2.45, 2.75) is 13.8 Å². The van der Waals surface area contributed by atoms with Crippen molar-refractivity contribution in [3.8, 4) is 0 Å². The molecule has 0 saturated carbocycles. The zero-order valence-corrected chi connectivity index (χ0v) is 14.2. The Morgan fingerprint density at radius 1 is 1.14 bits per heavy atom. The van der Waals surface area contributed by atoms with Crippen LogP contribution >= 0.6 is 8.58 Å². The van der Waals surface area contributed by atoms with Gasteiger partial charge in [0.2, 0.25) is 0 Å². The molecule has 1 unspecified atom stereocenters. The normalized spacial score (nSPS) is 11.4. The highest BCUT2D eigenvalue weighted by molar-refractivity contribution is 7.58. The van der Waals surface area contributed by atoms with E-state index in [4.69, 9.17) is 5.73 Å². The second-order valence-electron chi connectivity index (χ2n) is 5.36. The van der Waals surface area contributed by atoms with Crippen LogP contribution in [0.5, 0.6) is 0 Å². The smallest absolute Gasteiger partial charge is 0.0388 e. The molecule has 2 heteroatoms. The van der Waals surface area contributed by atoms with E-state index in [-0.39, 0.29) is 0 Å². The fourth-order valence-corrected chi connectivity index (χ4v) is 3.52. The first-order valence-corrected chi connectivity index (χ1v) is 8.23. The maximum Gasteiger partial charge on any atom is 0.0388 e. The van der Waals surface area contributed by atoms with Gasteiger partial charge in [0, 0.05) is 5.69 Å². The molecule has 112 valence electrons. The van der Waals surface area contributed by atoms with Crippen molar-refractivity contribution in [3.05, 3.63) is 84.0 Å². The average Bonchev–Trinajstić information content (AvgIpc) is 2.47. The number of allylic oxidation sites excluding steroid dienone is 2. The van der Waals surface area contributed by atoms with Crippen LogP contribution < -0.4 is 11.0 Å². The first-order valence-electron chi connectivity index (χ1n) is 7.23. The Hall–Kier alpha value is -2.11. The van der Waals surface area contributed by atoms with Crippen LogP contribution in [0.1, 0.15) is 22.3 Å². The lowest BCUT2D eigenvalue weighted by Gasteiger charge is -2.11. The molecule has 0 fully saturated rings. The maximum atomic E-state index is 6.01. The van der Waals surface area contributed by atoms with Crippen LogP contribution in [0.4, 0.5) is 5.69 Å². The summed E-state index contributed by atoms with van der Waals surface area (Å²) in [5.74, 6) is 0. The number of rotatable bonds is 5. The van der Waals surface area contributed by atoms with E-state index in [0.717, 1.165) is 16.6 Å². The lowest BCUT2D eigenvalue weighted by Crippen LogP contribution is -1.99. The molecule has 0 saturated heterocycles. The molecule has 1 atom stereocenters. The predicted molar refractivity (Wildman–Crippen MR) is 103 cm³/mol. The molecule has 2 rings (SSSR count). The molecule has 0 aliphatic heterocycles. The molecular weight excluding hydrogens is 285 g/mol. The van der Waals surface area contributed by atoms with Gasteiger partial charge in [0.25, 0.3) is 0 Å². The standard InChI is InChI=1S/C20H22NP/c1-5-6-7-17-13-18(9-11-20(17)21)22-16(4)19-10-8-14(2)12-15(19)3/h5-13,22H,1,4,21H2,2-3H3/b7-6-. The lowest BCUT2D eigenvalue weighted by atomic mass is 10.1. The topological polar surface area (TPSA) is 26.0 Å². The van der Waals surface area contributed by atoms with Crippen LogP contribution in [-0.4, -0.2) is 0 Å². The van der Waals surface area contributed by atoms with E-state index < -0.39 is 0 Å². The third kappa shape index (κ3) is 3.96. The molecule has 1 nitrogen and oxygen atoms in total. The zero-order chi connectivity index (χ0) is 16.1. The minimum absolute atomic E-state index is 0.537. The van der Waals surface area contributed by atoms with Crippen molar-refractivity contribution < 1.29 is 0 Å². The summed E-state index contributed by atoms with van der Waals surface area (Å²) < 4.78 is 0. The van der Waals surface area contributed by atoms with Crippen LogP contribution in [0.25, 0.3) is 11.4 Å². The first kappa shape index (κ1) is 16.3. The molecule has 2 aromatic carbocycles. The van der Waals surface area contributed by atoms with E-state index in [0.29, 0.717) is 8.58 Å². The summed E-state index contributed by atoms with van der Waals surface area (Å²) in [5.41, 5.74) is 11.6. The van der Waals surface area contributed by atoms with Crippen LogP contribution in [0.2, 0.25) is 0 Å². The molecule has 0 aliphatic rings. The van der Waals surface area contributed by atoms with E-state index >= 15 is 0 Å². The summed E-state index contributed by atoms with van der Waals surface area (Å²) in [5, 5.41) is 2.39. The summed E-state index contributed by atoms with van der Waals surface area (Å²) in [6.07, 6.45) is 5.64. The predicted octanol–water partition coefficient (Wildman–Crippen LogP) is 5.06. The van der Waals surface area contributed by atoms with Gasteiger partial charge in [0.05, 0.1) is 0 Å². The molecule has 2 N–H and O–H groups in total. The second-order valence-corrected chi connectivity index (χ2v) is 6.79. The van der Waals surface area contributed by atoms with Crippen LogP contribution in [0, 0.1) is 13.8 Å². The van der Waals surface area contributed by atoms with Gasteiger partial charge < -0.3 is 5.73 Å². The van der Waals surface area contributed by atoms with Gasteiger partial charge in [-0.2, -0.15) is 0 Å². The van der Waals surface area contributed by atoms with Crippen LogP contribution in [0.15, 0.2) is 61.7 Å². The number of anilines is 1. The summed E-state index contributed by atoms with van der Waals surface area (Å²) in [6.45, 7) is 12.2. The number of hydrogen-bond acceptors (Lipinski definition) is 1. The molecule has 0 spiro atoms. The third-order valence-corrected chi connectivity index (χ3v) is 4.67. The molecule has 0 amide bonds. The first-order chi connectivity index (χ1) is 10.5. The molecule has 0 heterocycles. The summed E-state index contributed by atoms with van der Waals surface area (Å²) in [7, 11) is 0.537. The Labute approximate surface area is 135 Å². The Kier molecular flexibility index (Phi) is 5.35. The van der Waals surface area contributed by atoms with E-state index in [1.807, 2.05) is 18.2 Å². The Morgan fingerprint density at radius 3 is 2.59 bits per heavy atom. The molecule has 0 aromatic heterocycles. The molecule has 22 heavy (non-hydrogen) atoms. The van der Waals surface area contributed by atoms with E-state index in [1.54, 1.807) is 6.08 Å². The highest BCUT2D eigenvalue weighted by Gasteiger charge is 2.06. The number of benzene rings is 2. The average molecular weight is 307 g/mol. The van der Waals surface area contributed by atoms with E-state index in [9.17, 15) is 0 Å². The van der Waals surface area contributed by atoms with Crippen molar-refractivity contribution in [2.24, 2.45) is 0 Å². The van der Waals surface area contributed by atoms with Gasteiger partial charge in [-0.05, 0) is 53.3 Å². The highest BCUT2D eigenvalue weighted by atomic mass is 31.1. The molecule has 0 radical (unpaired) electrons. The molecule has 0 bridgehead atoms. The monoisotopic (exact) mass is 307 g/mol. The van der Waals surface area contributed by atoms with Gasteiger partial charge in [-0.1, -0.05) is 69.8 Å². The number of nitrogens with two attached hydrogens (primary N) is 1. The number of aryl methyl sites for hydroxylation is 2. The van der Waals surface area contributed by atoms with Gasteiger partial charge in [0.1, 0.15) is 0 Å². The minimum atomic E-state index is 0.537. The Morgan fingerprint density at radius 2 is 1.91 bits per heavy atom. The van der Waals surface area contributed by atoms with Crippen molar-refractivity contribution in [1.29, 1.82) is 0 Å². The third-order valence-electron chi connectivity index (χ3n) is 3.50. The fourth-order valence-electron chi connectivity index (χ4n) is 2.36. The van der Waals surface area contributed by atoms with Crippen molar-refractivity contribution in [2.75, 3.05) is 5.73 Å². The number of hydrogen-bond donors (Lipinski definition) is 1. The summed E-state index contributed by atoms with van der Waals surface area (Å²) >= 11 is 0. The van der Waals surface area contributed by atoms with Crippen molar-refractivity contribution in [1.82, 2.24) is 0 Å². The largest absolute Gasteiger partial charge is 0.398 e. The highest BCUT2D eigenvalue weighted by Crippen LogP contribution is 2.33. The van der Waals surface area contributed by atoms with Gasteiger partial charge in [0.15, 0.2) is 0 Å². The SMILES string of the molecule is C=C/C=C\c1cc(PC(=C)c2ccc(C)cc2C)ccc1N. The summed E-state index contributed by atoms with van der Waals surface area (Å²) in [6, 6.07) is 12.7. The summed E-state index contributed by atoms with van der Waals surface area (Å²) in [4.78, 5) is 0. The van der Waals surface area contributed by atoms with Gasteiger partial charge in [-0.25, -0.2) is 0 Å². The maximum absolute atomic E-state index is 6.01. The van der Waals surface area contributed by atoms with Crippen LogP contribution in [-0.2, 0) is 0 Å². The van der Waals surface area contributed by atoms with E-state index in [2.05, 4.69) is 57.3 Å². The second kappa shape index (κ2) is 7.24. The fraction of sp³-hybridized carbons (Fsp3) is 0.100. The van der Waals surface area contributed by atoms with E-state index in [1.165, 1.54) is 22.0 Å². The van der Waals surface area contributed by atoms with Gasteiger partial charge in [-0.15, -0.1) is 0 Å². The van der Waals surface area contributed by atoms with Crippen LogP contribution in [0.3, 0.4) is 0 Å². The Bertz CT molecular complexity index is 741. The van der Waals surface area contributed by atoms with Crippen molar-refractivity contribution in [3.63, 3.8) is 0 Å². The zero-order valence-electron chi connectivity index (χ0n) is 13.2. The molecule has 2 aromatic rings. The van der Waals surface area contributed by atoms with Gasteiger partial charge in [-0.3, -0.25) is 0 Å². The quantitative estimate of drug-likeness (QED) is 0.466. The van der Waals surface area contributed by atoms with Gasteiger partial charge >= 0.3 is 0 Å².